The molecule has 0 unspecified atom stereocenters. The molecular formula is C40H48IrNO2S-. The number of carbonyl (C=O) groups is 1. The third kappa shape index (κ3) is 7.83. The number of hydrogen-bond donors (Lipinski definition) is 1. The first kappa shape index (κ1) is 36.4. The second-order valence-corrected chi connectivity index (χ2v) is 13.8. The third-order valence-corrected chi connectivity index (χ3v) is 9.97. The quantitative estimate of drug-likeness (QED) is 0.0735. The molecular weight excluding hydrogens is 751 g/mol. The minimum Gasteiger partial charge on any atom is -0.512 e. The number of benzene rings is 3. The fourth-order valence-electron chi connectivity index (χ4n) is 6.06. The molecule has 1 N–H and O–H groups in total. The van der Waals surface area contributed by atoms with Crippen LogP contribution >= 0.6 is 11.3 Å². The van der Waals surface area contributed by atoms with Crippen molar-refractivity contribution in [3.8, 4) is 11.3 Å². The van der Waals surface area contributed by atoms with E-state index >= 15 is 0 Å². The van der Waals surface area contributed by atoms with Crippen LogP contribution in [0.3, 0.4) is 0 Å². The van der Waals surface area contributed by atoms with Gasteiger partial charge in [0, 0.05) is 54.5 Å². The Bertz CT molecular complexity index is 1800. The molecule has 2 heterocycles. The van der Waals surface area contributed by atoms with Crippen molar-refractivity contribution in [3.63, 3.8) is 0 Å². The van der Waals surface area contributed by atoms with Crippen LogP contribution in [0.5, 0.6) is 0 Å². The largest absolute Gasteiger partial charge is 0.512 e. The molecule has 3 aromatic carbocycles. The van der Waals surface area contributed by atoms with Gasteiger partial charge in [-0.05, 0) is 47.9 Å². The number of aliphatic hydroxyl groups is 1. The first-order chi connectivity index (χ1) is 20.9. The third-order valence-electron chi connectivity index (χ3n) is 8.85. The van der Waals surface area contributed by atoms with Crippen molar-refractivity contribution in [1.82, 2.24) is 0 Å². The summed E-state index contributed by atoms with van der Waals surface area (Å²) in [5, 5.41) is 14.8. The number of rotatable bonds is 8. The summed E-state index contributed by atoms with van der Waals surface area (Å²) in [6, 6.07) is 21.8. The van der Waals surface area contributed by atoms with Gasteiger partial charge in [-0.1, -0.05) is 102 Å². The average Bonchev–Trinajstić information content (AvgIpc) is 3.35. The van der Waals surface area contributed by atoms with Crippen LogP contribution in [0.2, 0.25) is 0 Å². The van der Waals surface area contributed by atoms with Gasteiger partial charge in [0.05, 0.1) is 17.6 Å². The second-order valence-electron chi connectivity index (χ2n) is 12.7. The van der Waals surface area contributed by atoms with Gasteiger partial charge in [-0.25, -0.2) is 0 Å². The number of aliphatic hydroxyl groups excluding tert-OH is 1. The van der Waals surface area contributed by atoms with E-state index in [9.17, 15) is 9.90 Å². The Hall–Kier alpha value is -3.11. The minimum absolute atomic E-state index is 0. The molecule has 0 atom stereocenters. The molecule has 1 radical (unpaired) electrons. The molecule has 5 aromatic rings. The summed E-state index contributed by atoms with van der Waals surface area (Å²) in [4.78, 5) is 11.7. The maximum Gasteiger partial charge on any atom is 0.162 e. The summed E-state index contributed by atoms with van der Waals surface area (Å²) in [6.45, 7) is 19.4. The number of hydrogen-bond acceptors (Lipinski definition) is 3. The minimum atomic E-state index is 0. The molecule has 0 saturated carbocycles. The van der Waals surface area contributed by atoms with Gasteiger partial charge in [0.15, 0.2) is 5.78 Å². The van der Waals surface area contributed by atoms with Crippen molar-refractivity contribution < 1.29 is 34.6 Å². The second kappa shape index (κ2) is 15.5. The molecule has 0 spiro atoms. The summed E-state index contributed by atoms with van der Waals surface area (Å²) in [5.41, 5.74) is 4.69. The SMILES string of the molecule is CCC(CC)C(=O)/C=C(\O)C(CC)CC.[CH2-]c1c(-c2cc3c(c[n+]2[CH2-])sc2ccccc23)cc(C(C)(C)C)c2ccccc12.[Ir]. The van der Waals surface area contributed by atoms with Crippen LogP contribution < -0.4 is 4.57 Å². The molecule has 2 aromatic heterocycles. The molecule has 0 saturated heterocycles. The number of nitrogens with zero attached hydrogens (tertiary/aromatic N) is 1. The maximum absolute atomic E-state index is 11.7. The normalized spacial score (nSPS) is 12.1. The van der Waals surface area contributed by atoms with Crippen LogP contribution in [0.15, 0.2) is 78.7 Å². The molecule has 0 aliphatic carbocycles. The van der Waals surface area contributed by atoms with E-state index in [1.54, 1.807) is 0 Å². The summed E-state index contributed by atoms with van der Waals surface area (Å²) in [6.07, 6.45) is 7.06. The smallest absolute Gasteiger partial charge is 0.162 e. The van der Waals surface area contributed by atoms with Crippen molar-refractivity contribution in [3.05, 3.63) is 104 Å². The molecule has 0 aliphatic heterocycles. The Morgan fingerprint density at radius 1 is 0.844 bits per heavy atom. The monoisotopic (exact) mass is 799 g/mol. The van der Waals surface area contributed by atoms with E-state index in [-0.39, 0.29) is 48.9 Å². The molecule has 0 fully saturated rings. The topological polar surface area (TPSA) is 41.2 Å². The Kier molecular flexibility index (Phi) is 12.5. The summed E-state index contributed by atoms with van der Waals surface area (Å²) >= 11 is 1.82. The number of fused-ring (bicyclic) bond motifs is 4. The zero-order valence-electron chi connectivity index (χ0n) is 27.9. The van der Waals surface area contributed by atoms with E-state index < -0.39 is 0 Å². The standard InChI is InChI=1S/C27H24NS.C13H24O2.Ir/c1-17-18-10-6-7-11-19(18)23(27(2,3)4)14-21(17)24-15-22-20-12-8-9-13-25(20)29-26(22)16-28(24)5;1-5-10(6-2)12(14)9-13(15)11(7-3)8-4;/h6-16H,1,5H2,2-4H3;9-11,14H,5-8H2,1-4H3;/q-1;;/b;12-9-;. The molecule has 5 rings (SSSR count). The van der Waals surface area contributed by atoms with Crippen LogP contribution in [-0.2, 0) is 30.3 Å². The van der Waals surface area contributed by atoms with Gasteiger partial charge in [-0.15, -0.1) is 34.4 Å². The first-order valence-electron chi connectivity index (χ1n) is 16.0. The van der Waals surface area contributed by atoms with Gasteiger partial charge < -0.3 is 9.67 Å². The molecule has 5 heteroatoms. The van der Waals surface area contributed by atoms with Gasteiger partial charge in [0.25, 0.3) is 0 Å². The van der Waals surface area contributed by atoms with E-state index in [0.717, 1.165) is 42.5 Å². The number of pyridine rings is 1. The number of carbonyl (C=O) groups excluding carboxylic acids is 1. The summed E-state index contributed by atoms with van der Waals surface area (Å²) < 4.78 is 4.57. The molecule has 241 valence electrons. The molecule has 3 nitrogen and oxygen atoms in total. The summed E-state index contributed by atoms with van der Waals surface area (Å²) in [5.74, 6) is 0.547. The van der Waals surface area contributed by atoms with Gasteiger partial charge in [-0.2, -0.15) is 12.5 Å². The molecule has 0 bridgehead atoms. The first-order valence-corrected chi connectivity index (χ1v) is 16.8. The van der Waals surface area contributed by atoms with Gasteiger partial charge >= 0.3 is 0 Å². The maximum atomic E-state index is 11.7. The van der Waals surface area contributed by atoms with Gasteiger partial charge in [-0.3, -0.25) is 4.79 Å². The van der Waals surface area contributed by atoms with Gasteiger partial charge in [0.1, 0.15) is 0 Å². The van der Waals surface area contributed by atoms with Crippen LogP contribution in [0, 0.1) is 25.8 Å². The molecule has 0 amide bonds. The van der Waals surface area contributed by atoms with Crippen molar-refractivity contribution >= 4 is 48.1 Å². The fraction of sp³-hybridized carbons (Fsp3) is 0.350. The predicted molar refractivity (Wildman–Crippen MR) is 190 cm³/mol. The van der Waals surface area contributed by atoms with E-state index in [4.69, 9.17) is 0 Å². The van der Waals surface area contributed by atoms with Crippen molar-refractivity contribution in [2.75, 3.05) is 0 Å². The zero-order chi connectivity index (χ0) is 32.2. The van der Waals surface area contributed by atoms with Crippen LogP contribution in [0.4, 0.5) is 0 Å². The van der Waals surface area contributed by atoms with Crippen molar-refractivity contribution in [2.24, 2.45) is 11.8 Å². The number of ketones is 1. The molecule has 45 heavy (non-hydrogen) atoms. The van der Waals surface area contributed by atoms with Crippen LogP contribution in [0.1, 0.15) is 85.3 Å². The van der Waals surface area contributed by atoms with E-state index in [1.807, 2.05) is 43.6 Å². The van der Waals surface area contributed by atoms with Gasteiger partial charge in [0.2, 0.25) is 0 Å². The van der Waals surface area contributed by atoms with E-state index in [1.165, 1.54) is 42.6 Å². The molecule has 0 aliphatic rings. The number of aromatic nitrogens is 1. The van der Waals surface area contributed by atoms with Crippen LogP contribution in [-0.4, -0.2) is 10.9 Å². The van der Waals surface area contributed by atoms with E-state index in [2.05, 4.69) is 102 Å². The Morgan fingerprint density at radius 3 is 1.98 bits per heavy atom. The number of allylic oxidation sites excluding steroid dienone is 2. The number of thiophene rings is 1. The van der Waals surface area contributed by atoms with E-state index in [0.29, 0.717) is 0 Å². The fourth-order valence-corrected chi connectivity index (χ4v) is 7.19. The van der Waals surface area contributed by atoms with Crippen LogP contribution in [0.25, 0.3) is 42.2 Å². The Labute approximate surface area is 287 Å². The average molecular weight is 799 g/mol. The Balaban J connectivity index is 0.000000297. The predicted octanol–water partition coefficient (Wildman–Crippen LogP) is 11.1. The van der Waals surface area contributed by atoms with Crippen molar-refractivity contribution in [2.45, 2.75) is 79.6 Å². The van der Waals surface area contributed by atoms with Crippen molar-refractivity contribution in [1.29, 1.82) is 0 Å². The Morgan fingerprint density at radius 2 is 1.40 bits per heavy atom. The zero-order valence-corrected chi connectivity index (χ0v) is 31.1. The summed E-state index contributed by atoms with van der Waals surface area (Å²) in [7, 11) is 4.33.